The molecule has 1 amide bonds. The van der Waals surface area contributed by atoms with E-state index in [9.17, 15) is 4.79 Å². The molecule has 0 bridgehead atoms. The monoisotopic (exact) mass is 358 g/mol. The van der Waals surface area contributed by atoms with E-state index in [-0.39, 0.29) is 12.1 Å². The van der Waals surface area contributed by atoms with Gasteiger partial charge in [0.05, 0.1) is 6.61 Å². The van der Waals surface area contributed by atoms with Gasteiger partial charge in [-0.05, 0) is 45.4 Å². The maximum Gasteiger partial charge on any atom is 0.255 e. The molecule has 1 aromatic carbocycles. The second-order valence-corrected chi connectivity index (χ2v) is 6.54. The van der Waals surface area contributed by atoms with Gasteiger partial charge >= 0.3 is 0 Å². The van der Waals surface area contributed by atoms with E-state index in [0.29, 0.717) is 24.7 Å². The molecule has 0 aliphatic heterocycles. The summed E-state index contributed by atoms with van der Waals surface area (Å²) >= 11 is 3.52. The van der Waals surface area contributed by atoms with Gasteiger partial charge in [-0.25, -0.2) is 0 Å². The van der Waals surface area contributed by atoms with Crippen molar-refractivity contribution in [1.29, 1.82) is 0 Å². The fourth-order valence-corrected chi connectivity index (χ4v) is 2.07. The Morgan fingerprint density at radius 2 is 1.90 bits per heavy atom. The Balaban J connectivity index is 2.96. The van der Waals surface area contributed by atoms with Crippen LogP contribution in [0.25, 0.3) is 0 Å². The van der Waals surface area contributed by atoms with Crippen LogP contribution in [0, 0.1) is 0 Å². The smallest absolute Gasteiger partial charge is 0.255 e. The summed E-state index contributed by atoms with van der Waals surface area (Å²) in [5.41, 5.74) is 6.18. The third kappa shape index (κ3) is 6.35. The Labute approximate surface area is 134 Å². The predicted molar refractivity (Wildman–Crippen MR) is 86.6 cm³/mol. The average molecular weight is 359 g/mol. The molecule has 0 saturated carbocycles. The lowest BCUT2D eigenvalue weighted by Gasteiger charge is -2.22. The highest BCUT2D eigenvalue weighted by molar-refractivity contribution is 9.10. The molecule has 0 aliphatic rings. The minimum absolute atomic E-state index is 0.0202. The molecule has 0 spiro atoms. The van der Waals surface area contributed by atoms with Crippen molar-refractivity contribution in [1.82, 2.24) is 5.32 Å². The van der Waals surface area contributed by atoms with Gasteiger partial charge in [0.1, 0.15) is 0 Å². The summed E-state index contributed by atoms with van der Waals surface area (Å²) in [5, 5.41) is 3.42. The van der Waals surface area contributed by atoms with E-state index in [0.717, 1.165) is 10.0 Å². The van der Waals surface area contributed by atoms with Gasteiger partial charge in [0.15, 0.2) is 18.1 Å². The minimum Gasteiger partial charge on any atom is -0.490 e. The van der Waals surface area contributed by atoms with Gasteiger partial charge in [0.2, 0.25) is 0 Å². The zero-order valence-electron chi connectivity index (χ0n) is 13.0. The maximum absolute atomic E-state index is 10.8. The van der Waals surface area contributed by atoms with Crippen LogP contribution in [-0.4, -0.2) is 24.7 Å². The predicted octanol–water partition coefficient (Wildman–Crippen LogP) is 2.60. The fourth-order valence-electron chi connectivity index (χ4n) is 1.60. The molecule has 0 radical (unpaired) electrons. The zero-order valence-corrected chi connectivity index (χ0v) is 14.5. The average Bonchev–Trinajstić information content (AvgIpc) is 2.36. The van der Waals surface area contributed by atoms with E-state index < -0.39 is 5.91 Å². The zero-order chi connectivity index (χ0) is 16.0. The fraction of sp³-hybridized carbons (Fsp3) is 0.533. The van der Waals surface area contributed by atoms with Gasteiger partial charge in [-0.2, -0.15) is 0 Å². The Kier molecular flexibility index (Phi) is 6.48. The number of halogens is 1. The summed E-state index contributed by atoms with van der Waals surface area (Å²) in [6.07, 6.45) is 0. The molecular weight excluding hydrogens is 336 g/mol. The van der Waals surface area contributed by atoms with Crippen LogP contribution in [0.15, 0.2) is 16.6 Å². The quantitative estimate of drug-likeness (QED) is 0.785. The molecule has 0 atom stereocenters. The van der Waals surface area contributed by atoms with Crippen LogP contribution in [-0.2, 0) is 11.3 Å². The number of nitrogens with one attached hydrogen (secondary N) is 1. The first-order valence-corrected chi connectivity index (χ1v) is 7.63. The van der Waals surface area contributed by atoms with Crippen LogP contribution in [0.1, 0.15) is 33.3 Å². The highest BCUT2D eigenvalue weighted by Gasteiger charge is 2.14. The number of primary amides is 1. The topological polar surface area (TPSA) is 73.6 Å². The summed E-state index contributed by atoms with van der Waals surface area (Å²) in [5.74, 6) is 0.585. The molecule has 1 rings (SSSR count). The first-order chi connectivity index (χ1) is 9.73. The summed E-state index contributed by atoms with van der Waals surface area (Å²) in [7, 11) is 0. The van der Waals surface area contributed by atoms with Crippen molar-refractivity contribution < 1.29 is 14.3 Å². The van der Waals surface area contributed by atoms with E-state index in [2.05, 4.69) is 42.0 Å². The van der Waals surface area contributed by atoms with Gasteiger partial charge in [0.25, 0.3) is 5.91 Å². The van der Waals surface area contributed by atoms with E-state index in [1.165, 1.54) is 0 Å². The molecular formula is C15H23BrN2O3. The molecule has 0 saturated heterocycles. The van der Waals surface area contributed by atoms with Crippen molar-refractivity contribution in [3.05, 3.63) is 22.2 Å². The molecule has 118 valence electrons. The molecule has 21 heavy (non-hydrogen) atoms. The second kappa shape index (κ2) is 7.66. The van der Waals surface area contributed by atoms with Gasteiger partial charge in [-0.1, -0.05) is 15.9 Å². The van der Waals surface area contributed by atoms with Crippen molar-refractivity contribution in [2.24, 2.45) is 5.73 Å². The highest BCUT2D eigenvalue weighted by atomic mass is 79.9. The van der Waals surface area contributed by atoms with Gasteiger partial charge < -0.3 is 20.5 Å². The maximum atomic E-state index is 10.8. The van der Waals surface area contributed by atoms with Crippen molar-refractivity contribution in [2.75, 3.05) is 13.2 Å². The van der Waals surface area contributed by atoms with Crippen LogP contribution in [0.2, 0.25) is 0 Å². The SMILES string of the molecule is CCOc1cc(CNC(C)(C)C)c(Br)cc1OCC(N)=O. The molecule has 3 N–H and O–H groups in total. The largest absolute Gasteiger partial charge is 0.490 e. The lowest BCUT2D eigenvalue weighted by atomic mass is 10.1. The first kappa shape index (κ1) is 17.8. The molecule has 0 fully saturated rings. The highest BCUT2D eigenvalue weighted by Crippen LogP contribution is 2.34. The lowest BCUT2D eigenvalue weighted by Crippen LogP contribution is -2.35. The van der Waals surface area contributed by atoms with Crippen LogP contribution >= 0.6 is 15.9 Å². The van der Waals surface area contributed by atoms with E-state index in [4.69, 9.17) is 15.2 Å². The Morgan fingerprint density at radius 3 is 2.43 bits per heavy atom. The van der Waals surface area contributed by atoms with Crippen molar-refractivity contribution in [3.8, 4) is 11.5 Å². The Morgan fingerprint density at radius 1 is 1.29 bits per heavy atom. The summed E-state index contributed by atoms with van der Waals surface area (Å²) in [6, 6.07) is 3.70. The van der Waals surface area contributed by atoms with Gasteiger partial charge in [0, 0.05) is 16.6 Å². The molecule has 1 aromatic rings. The molecule has 0 unspecified atom stereocenters. The van der Waals surface area contributed by atoms with E-state index in [1.807, 2.05) is 13.0 Å². The van der Waals surface area contributed by atoms with Gasteiger partial charge in [-0.15, -0.1) is 0 Å². The van der Waals surface area contributed by atoms with Crippen molar-refractivity contribution >= 4 is 21.8 Å². The summed E-state index contributed by atoms with van der Waals surface area (Å²) in [6.45, 7) is 9.25. The number of ether oxygens (including phenoxy) is 2. The lowest BCUT2D eigenvalue weighted by molar-refractivity contribution is -0.119. The summed E-state index contributed by atoms with van der Waals surface area (Å²) < 4.78 is 11.8. The Bertz CT molecular complexity index is 498. The summed E-state index contributed by atoms with van der Waals surface area (Å²) in [4.78, 5) is 10.8. The number of hydrogen-bond acceptors (Lipinski definition) is 4. The molecule has 6 heteroatoms. The second-order valence-electron chi connectivity index (χ2n) is 5.68. The normalized spacial score (nSPS) is 11.3. The Hall–Kier alpha value is -1.27. The number of rotatable bonds is 7. The third-order valence-corrected chi connectivity index (χ3v) is 3.33. The molecule has 5 nitrogen and oxygen atoms in total. The number of hydrogen-bond donors (Lipinski definition) is 2. The number of nitrogens with two attached hydrogens (primary N) is 1. The van der Waals surface area contributed by atoms with Crippen LogP contribution in [0.5, 0.6) is 11.5 Å². The number of benzene rings is 1. The van der Waals surface area contributed by atoms with E-state index >= 15 is 0 Å². The molecule has 0 heterocycles. The van der Waals surface area contributed by atoms with Crippen molar-refractivity contribution in [3.63, 3.8) is 0 Å². The van der Waals surface area contributed by atoms with Crippen LogP contribution < -0.4 is 20.5 Å². The number of carbonyl (C=O) groups excluding carboxylic acids is 1. The van der Waals surface area contributed by atoms with Crippen LogP contribution in [0.3, 0.4) is 0 Å². The van der Waals surface area contributed by atoms with Gasteiger partial charge in [-0.3, -0.25) is 4.79 Å². The standard InChI is InChI=1S/C15H23BrN2O3/c1-5-20-12-6-10(8-18-15(2,3)4)11(16)7-13(12)21-9-14(17)19/h6-7,18H,5,8-9H2,1-4H3,(H2,17,19). The third-order valence-electron chi connectivity index (χ3n) is 2.59. The number of carbonyl (C=O) groups is 1. The molecule has 0 aliphatic carbocycles. The van der Waals surface area contributed by atoms with Crippen LogP contribution in [0.4, 0.5) is 0 Å². The number of amides is 1. The first-order valence-electron chi connectivity index (χ1n) is 6.84. The van der Waals surface area contributed by atoms with Crippen molar-refractivity contribution in [2.45, 2.75) is 39.8 Å². The molecule has 0 aromatic heterocycles. The minimum atomic E-state index is -0.521. The van der Waals surface area contributed by atoms with E-state index in [1.54, 1.807) is 6.07 Å².